The first-order valence-electron chi connectivity index (χ1n) is 8.59. The average molecular weight is 373 g/mol. The number of aryl methyl sites for hydroxylation is 1. The minimum Gasteiger partial charge on any atom is -0.494 e. The molecule has 2 aromatic carbocycles. The van der Waals surface area contributed by atoms with Crippen LogP contribution in [0.5, 0.6) is 11.5 Å². The lowest BCUT2D eigenvalue weighted by Gasteiger charge is -2.11. The van der Waals surface area contributed by atoms with Crippen LogP contribution >= 0.6 is 11.6 Å². The Morgan fingerprint density at radius 3 is 2.65 bits per heavy atom. The minimum atomic E-state index is 0.0632. The van der Waals surface area contributed by atoms with Gasteiger partial charge in [-0.3, -0.25) is 0 Å². The zero-order valence-electron chi connectivity index (χ0n) is 14.8. The summed E-state index contributed by atoms with van der Waals surface area (Å²) < 4.78 is 16.6. The molecule has 136 valence electrons. The number of para-hydroxylation sites is 1. The van der Waals surface area contributed by atoms with Gasteiger partial charge in [0.15, 0.2) is 0 Å². The highest BCUT2D eigenvalue weighted by molar-refractivity contribution is 6.32. The SMILES string of the molecule is CC(C)Oc1ccc(-c2noc(CCCOc3ccccc3)n2)cc1Cl. The van der Waals surface area contributed by atoms with Gasteiger partial charge in [-0.15, -0.1) is 0 Å². The smallest absolute Gasteiger partial charge is 0.227 e. The van der Waals surface area contributed by atoms with Crippen molar-refractivity contribution in [3.8, 4) is 22.9 Å². The summed E-state index contributed by atoms with van der Waals surface area (Å²) in [5.74, 6) is 2.60. The second-order valence-corrected chi connectivity index (χ2v) is 6.50. The Bertz CT molecular complexity index is 834. The molecule has 0 spiro atoms. The number of nitrogens with zero attached hydrogens (tertiary/aromatic N) is 2. The zero-order chi connectivity index (χ0) is 18.4. The molecule has 0 aliphatic heterocycles. The van der Waals surface area contributed by atoms with Crippen LogP contribution in [-0.4, -0.2) is 22.9 Å². The van der Waals surface area contributed by atoms with E-state index in [0.717, 1.165) is 17.7 Å². The number of ether oxygens (including phenoxy) is 2. The first kappa shape index (κ1) is 18.3. The first-order valence-corrected chi connectivity index (χ1v) is 8.96. The highest BCUT2D eigenvalue weighted by atomic mass is 35.5. The molecule has 0 aliphatic carbocycles. The number of hydrogen-bond donors (Lipinski definition) is 0. The molecular weight excluding hydrogens is 352 g/mol. The second-order valence-electron chi connectivity index (χ2n) is 6.09. The minimum absolute atomic E-state index is 0.0632. The molecule has 0 atom stereocenters. The molecule has 0 amide bonds. The van der Waals surface area contributed by atoms with Crippen LogP contribution < -0.4 is 9.47 Å². The predicted octanol–water partition coefficient (Wildman–Crippen LogP) is 5.19. The molecule has 26 heavy (non-hydrogen) atoms. The van der Waals surface area contributed by atoms with Crippen molar-refractivity contribution in [1.29, 1.82) is 0 Å². The van der Waals surface area contributed by atoms with Crippen molar-refractivity contribution < 1.29 is 14.0 Å². The van der Waals surface area contributed by atoms with Crippen molar-refractivity contribution in [1.82, 2.24) is 10.1 Å². The van der Waals surface area contributed by atoms with Crippen LogP contribution in [0.4, 0.5) is 0 Å². The van der Waals surface area contributed by atoms with Crippen molar-refractivity contribution in [2.45, 2.75) is 32.8 Å². The Hall–Kier alpha value is -2.53. The molecular formula is C20H21ClN2O3. The van der Waals surface area contributed by atoms with E-state index in [4.69, 9.17) is 25.6 Å². The quantitative estimate of drug-likeness (QED) is 0.509. The lowest BCUT2D eigenvalue weighted by Crippen LogP contribution is -2.05. The van der Waals surface area contributed by atoms with E-state index in [1.165, 1.54) is 0 Å². The van der Waals surface area contributed by atoms with Crippen molar-refractivity contribution in [2.75, 3.05) is 6.61 Å². The molecule has 1 aromatic heterocycles. The summed E-state index contributed by atoms with van der Waals surface area (Å²) >= 11 is 6.26. The number of rotatable bonds is 8. The molecule has 0 saturated heterocycles. The summed E-state index contributed by atoms with van der Waals surface area (Å²) in [6, 6.07) is 15.2. The highest BCUT2D eigenvalue weighted by Crippen LogP contribution is 2.30. The monoisotopic (exact) mass is 372 g/mol. The summed E-state index contributed by atoms with van der Waals surface area (Å²) in [6.07, 6.45) is 1.51. The van der Waals surface area contributed by atoms with Crippen molar-refractivity contribution in [3.05, 3.63) is 59.4 Å². The van der Waals surface area contributed by atoms with E-state index in [9.17, 15) is 0 Å². The second kappa shape index (κ2) is 8.72. The third kappa shape index (κ3) is 4.99. The van der Waals surface area contributed by atoms with Crippen LogP contribution in [-0.2, 0) is 6.42 Å². The van der Waals surface area contributed by atoms with Gasteiger partial charge in [0.25, 0.3) is 0 Å². The van der Waals surface area contributed by atoms with Gasteiger partial charge in [0.05, 0.1) is 17.7 Å². The van der Waals surface area contributed by atoms with Crippen LogP contribution in [0.3, 0.4) is 0 Å². The van der Waals surface area contributed by atoms with E-state index >= 15 is 0 Å². The topological polar surface area (TPSA) is 57.4 Å². The molecule has 0 unspecified atom stereocenters. The molecule has 0 N–H and O–H groups in total. The maximum Gasteiger partial charge on any atom is 0.227 e. The number of halogens is 1. The van der Waals surface area contributed by atoms with Gasteiger partial charge in [0.1, 0.15) is 11.5 Å². The van der Waals surface area contributed by atoms with Crippen LogP contribution in [0, 0.1) is 0 Å². The molecule has 0 aliphatic rings. The molecule has 0 saturated carbocycles. The number of aromatic nitrogens is 2. The van der Waals surface area contributed by atoms with Gasteiger partial charge in [0, 0.05) is 12.0 Å². The van der Waals surface area contributed by atoms with Gasteiger partial charge < -0.3 is 14.0 Å². The van der Waals surface area contributed by atoms with Gasteiger partial charge >= 0.3 is 0 Å². The lowest BCUT2D eigenvalue weighted by atomic mass is 10.2. The van der Waals surface area contributed by atoms with Crippen LogP contribution in [0.1, 0.15) is 26.2 Å². The number of benzene rings is 2. The van der Waals surface area contributed by atoms with E-state index in [1.54, 1.807) is 6.07 Å². The molecule has 0 radical (unpaired) electrons. The number of hydrogen-bond acceptors (Lipinski definition) is 5. The fraction of sp³-hybridized carbons (Fsp3) is 0.300. The fourth-order valence-electron chi connectivity index (χ4n) is 2.39. The Morgan fingerprint density at radius 1 is 1.12 bits per heavy atom. The normalized spacial score (nSPS) is 10.9. The third-order valence-electron chi connectivity index (χ3n) is 3.57. The Labute approximate surface area is 157 Å². The van der Waals surface area contributed by atoms with E-state index in [2.05, 4.69) is 10.1 Å². The van der Waals surface area contributed by atoms with Crippen molar-refractivity contribution in [3.63, 3.8) is 0 Å². The standard InChI is InChI=1S/C20H21ClN2O3/c1-14(2)25-18-11-10-15(13-17(18)21)20-22-19(26-23-20)9-6-12-24-16-7-4-3-5-8-16/h3-5,7-8,10-11,13-14H,6,9,12H2,1-2H3. The zero-order valence-corrected chi connectivity index (χ0v) is 15.6. The van der Waals surface area contributed by atoms with E-state index in [-0.39, 0.29) is 6.10 Å². The van der Waals surface area contributed by atoms with E-state index in [0.29, 0.717) is 35.5 Å². The van der Waals surface area contributed by atoms with Crippen molar-refractivity contribution in [2.24, 2.45) is 0 Å². The van der Waals surface area contributed by atoms with E-state index < -0.39 is 0 Å². The molecule has 0 bridgehead atoms. The molecule has 3 aromatic rings. The predicted molar refractivity (Wildman–Crippen MR) is 101 cm³/mol. The molecule has 0 fully saturated rings. The molecule has 6 heteroatoms. The van der Waals surface area contributed by atoms with E-state index in [1.807, 2.05) is 56.3 Å². The summed E-state index contributed by atoms with van der Waals surface area (Å²) in [5, 5.41) is 4.56. The summed E-state index contributed by atoms with van der Waals surface area (Å²) in [7, 11) is 0. The summed E-state index contributed by atoms with van der Waals surface area (Å²) in [5.41, 5.74) is 0.793. The summed E-state index contributed by atoms with van der Waals surface area (Å²) in [4.78, 5) is 4.42. The Morgan fingerprint density at radius 2 is 1.92 bits per heavy atom. The average Bonchev–Trinajstić information content (AvgIpc) is 3.10. The third-order valence-corrected chi connectivity index (χ3v) is 3.86. The van der Waals surface area contributed by atoms with Crippen LogP contribution in [0.2, 0.25) is 5.02 Å². The maximum atomic E-state index is 6.26. The largest absolute Gasteiger partial charge is 0.494 e. The first-order chi connectivity index (χ1) is 12.6. The Kier molecular flexibility index (Phi) is 6.12. The molecule has 1 heterocycles. The van der Waals surface area contributed by atoms with Crippen LogP contribution in [0.15, 0.2) is 53.1 Å². The van der Waals surface area contributed by atoms with Gasteiger partial charge in [0.2, 0.25) is 11.7 Å². The van der Waals surface area contributed by atoms with Crippen molar-refractivity contribution >= 4 is 11.6 Å². The van der Waals surface area contributed by atoms with Gasteiger partial charge in [-0.2, -0.15) is 4.98 Å². The van der Waals surface area contributed by atoms with Gasteiger partial charge in [-0.1, -0.05) is 35.0 Å². The Balaban J connectivity index is 1.55. The van der Waals surface area contributed by atoms with Crippen LogP contribution in [0.25, 0.3) is 11.4 Å². The molecule has 5 nitrogen and oxygen atoms in total. The van der Waals surface area contributed by atoms with Gasteiger partial charge in [-0.25, -0.2) is 0 Å². The lowest BCUT2D eigenvalue weighted by molar-refractivity contribution is 0.242. The highest BCUT2D eigenvalue weighted by Gasteiger charge is 2.12. The maximum absolute atomic E-state index is 6.26. The summed E-state index contributed by atoms with van der Waals surface area (Å²) in [6.45, 7) is 4.50. The van der Waals surface area contributed by atoms with Gasteiger partial charge in [-0.05, 0) is 50.6 Å². The fourth-order valence-corrected chi connectivity index (χ4v) is 2.62. The molecule has 3 rings (SSSR count).